The number of likely N-dealkylation sites (tertiary alicyclic amines) is 2. The van der Waals surface area contributed by atoms with E-state index in [-0.39, 0.29) is 26.0 Å². The summed E-state index contributed by atoms with van der Waals surface area (Å²) in [5, 5.41) is 8.01. The molecule has 2 fully saturated rings. The standard InChI is InChI=1S/C36H51N6O9P/c1-25(34(45)41-21-12-19-30(41)35(46)50-2)40-52(48,49)31(23-26-13-5-3-6-14-26)39-32(43)28(17-9-10-20-37)38-33(44)29-18-11-22-42(29)36(47)51-24-27-15-7-4-8-16-27/h3-8,13-16,25,28-31H,9-12,17-24,37H2,1-2H3,(H,38,44)(H,39,43)(H2,40,48,49). The number of hydrogen-bond acceptors (Lipinski definition) is 9. The van der Waals surface area contributed by atoms with Gasteiger partial charge in [0.1, 0.15) is 30.5 Å². The monoisotopic (exact) mass is 742 g/mol. The third-order valence-corrected chi connectivity index (χ3v) is 11.3. The molecule has 6 atom stereocenters. The first-order valence-corrected chi connectivity index (χ1v) is 19.5. The number of esters is 1. The van der Waals surface area contributed by atoms with E-state index in [1.807, 2.05) is 30.3 Å². The van der Waals surface area contributed by atoms with Crippen molar-refractivity contribution >= 4 is 37.3 Å². The first kappa shape index (κ1) is 40.5. The summed E-state index contributed by atoms with van der Waals surface area (Å²) in [6, 6.07) is 14.0. The summed E-state index contributed by atoms with van der Waals surface area (Å²) in [5.74, 6) is -3.77. The Hall–Kier alpha value is -4.30. The molecule has 2 aliphatic rings. The van der Waals surface area contributed by atoms with Crippen LogP contribution < -0.4 is 21.5 Å². The fraction of sp³-hybridized carbons (Fsp3) is 0.528. The minimum atomic E-state index is -4.55. The molecule has 0 aromatic heterocycles. The van der Waals surface area contributed by atoms with E-state index in [4.69, 9.17) is 15.2 Å². The SMILES string of the molecule is COC(=O)C1CCCN1C(=O)C(C)NP(=O)(O)C(Cc1ccccc1)NC(=O)C(CCCCN)NC(=O)C1CCCN1C(=O)OCc1ccccc1. The van der Waals surface area contributed by atoms with Crippen molar-refractivity contribution in [2.75, 3.05) is 26.7 Å². The number of amides is 4. The normalized spacial score (nSPS) is 19.9. The van der Waals surface area contributed by atoms with Gasteiger partial charge in [0.15, 0.2) is 0 Å². The van der Waals surface area contributed by atoms with Crippen molar-refractivity contribution in [2.45, 2.75) is 94.8 Å². The van der Waals surface area contributed by atoms with Crippen molar-refractivity contribution in [1.82, 2.24) is 25.5 Å². The molecule has 2 aromatic carbocycles. The number of carbonyl (C=O) groups excluding carboxylic acids is 5. The number of nitrogens with zero attached hydrogens (tertiary/aromatic N) is 2. The zero-order chi connectivity index (χ0) is 37.7. The van der Waals surface area contributed by atoms with E-state index in [9.17, 15) is 33.4 Å². The predicted molar refractivity (Wildman–Crippen MR) is 192 cm³/mol. The lowest BCUT2D eigenvalue weighted by molar-refractivity contribution is -0.151. The number of methoxy groups -OCH3 is 1. The zero-order valence-electron chi connectivity index (χ0n) is 29.8. The van der Waals surface area contributed by atoms with Gasteiger partial charge in [0.25, 0.3) is 7.52 Å². The molecule has 2 saturated heterocycles. The molecule has 2 aromatic rings. The van der Waals surface area contributed by atoms with Crippen LogP contribution in [0.1, 0.15) is 63.0 Å². The van der Waals surface area contributed by atoms with E-state index < -0.39 is 67.3 Å². The Morgan fingerprint density at radius 1 is 0.904 bits per heavy atom. The Labute approximate surface area is 304 Å². The molecular weight excluding hydrogens is 691 g/mol. The maximum absolute atomic E-state index is 14.1. The number of nitrogens with two attached hydrogens (primary N) is 1. The molecule has 4 rings (SSSR count). The summed E-state index contributed by atoms with van der Waals surface area (Å²) in [6.45, 7) is 2.42. The van der Waals surface area contributed by atoms with Gasteiger partial charge in [-0.1, -0.05) is 60.7 Å². The fourth-order valence-electron chi connectivity index (χ4n) is 6.54. The van der Waals surface area contributed by atoms with Gasteiger partial charge in [-0.25, -0.2) is 14.7 Å². The largest absolute Gasteiger partial charge is 0.467 e. The second-order valence-corrected chi connectivity index (χ2v) is 15.3. The molecule has 6 unspecified atom stereocenters. The maximum atomic E-state index is 14.1. The van der Waals surface area contributed by atoms with Crippen molar-refractivity contribution in [3.05, 3.63) is 71.8 Å². The Bertz CT molecular complexity index is 1570. The molecule has 2 heterocycles. The number of hydrogen-bond donors (Lipinski definition) is 5. The third kappa shape index (κ3) is 11.1. The van der Waals surface area contributed by atoms with E-state index in [0.29, 0.717) is 57.2 Å². The summed E-state index contributed by atoms with van der Waals surface area (Å²) in [6.07, 6.45) is 2.43. The van der Waals surface area contributed by atoms with E-state index in [1.165, 1.54) is 23.8 Å². The molecule has 0 radical (unpaired) electrons. The van der Waals surface area contributed by atoms with Crippen molar-refractivity contribution in [3.8, 4) is 0 Å². The Morgan fingerprint density at radius 3 is 2.15 bits per heavy atom. The highest BCUT2D eigenvalue weighted by molar-refractivity contribution is 7.56. The number of rotatable bonds is 17. The number of benzene rings is 2. The molecule has 284 valence electrons. The summed E-state index contributed by atoms with van der Waals surface area (Å²) in [5.41, 5.74) is 7.15. The topological polar surface area (TPSA) is 210 Å². The van der Waals surface area contributed by atoms with Crippen molar-refractivity contribution < 1.29 is 42.9 Å². The molecule has 52 heavy (non-hydrogen) atoms. The van der Waals surface area contributed by atoms with Crippen LogP contribution in [0.2, 0.25) is 0 Å². The Kier molecular flexibility index (Phi) is 15.2. The highest BCUT2D eigenvalue weighted by atomic mass is 31.2. The minimum Gasteiger partial charge on any atom is -0.467 e. The lowest BCUT2D eigenvalue weighted by atomic mass is 10.1. The van der Waals surface area contributed by atoms with Gasteiger partial charge in [0, 0.05) is 19.5 Å². The number of carbonyl (C=O) groups is 5. The lowest BCUT2D eigenvalue weighted by Gasteiger charge is -2.31. The average Bonchev–Trinajstić information content (AvgIpc) is 3.84. The fourth-order valence-corrected chi connectivity index (χ4v) is 8.14. The van der Waals surface area contributed by atoms with Crippen LogP contribution in [0.15, 0.2) is 60.7 Å². The zero-order valence-corrected chi connectivity index (χ0v) is 30.7. The second-order valence-electron chi connectivity index (χ2n) is 13.1. The highest BCUT2D eigenvalue weighted by Gasteiger charge is 2.42. The third-order valence-electron chi connectivity index (χ3n) is 9.34. The van der Waals surface area contributed by atoms with Gasteiger partial charge in [-0.15, -0.1) is 0 Å². The molecule has 2 aliphatic heterocycles. The van der Waals surface area contributed by atoms with Gasteiger partial charge in [0.05, 0.1) is 13.2 Å². The molecule has 0 saturated carbocycles. The minimum absolute atomic E-state index is 0.0425. The number of ether oxygens (including phenoxy) is 2. The summed E-state index contributed by atoms with van der Waals surface area (Å²) < 4.78 is 24.4. The maximum Gasteiger partial charge on any atom is 0.410 e. The van der Waals surface area contributed by atoms with Crippen LogP contribution in [-0.4, -0.2) is 101 Å². The van der Waals surface area contributed by atoms with Crippen LogP contribution in [0, 0.1) is 0 Å². The lowest BCUT2D eigenvalue weighted by Crippen LogP contribution is -2.55. The van der Waals surface area contributed by atoms with E-state index in [2.05, 4.69) is 15.7 Å². The van der Waals surface area contributed by atoms with Crippen molar-refractivity contribution in [1.29, 1.82) is 0 Å². The smallest absolute Gasteiger partial charge is 0.410 e. The van der Waals surface area contributed by atoms with Crippen LogP contribution in [0.3, 0.4) is 0 Å². The van der Waals surface area contributed by atoms with Crippen LogP contribution in [0.4, 0.5) is 4.79 Å². The van der Waals surface area contributed by atoms with Crippen LogP contribution >= 0.6 is 7.52 Å². The average molecular weight is 743 g/mol. The van der Waals surface area contributed by atoms with E-state index >= 15 is 0 Å². The van der Waals surface area contributed by atoms with Gasteiger partial charge in [0.2, 0.25) is 17.7 Å². The quantitative estimate of drug-likeness (QED) is 0.0903. The molecule has 6 N–H and O–H groups in total. The van der Waals surface area contributed by atoms with Crippen molar-refractivity contribution in [2.24, 2.45) is 5.73 Å². The Morgan fingerprint density at radius 2 is 1.52 bits per heavy atom. The van der Waals surface area contributed by atoms with Crippen LogP contribution in [-0.2, 0) is 46.2 Å². The number of nitrogens with one attached hydrogen (secondary N) is 3. The molecule has 15 nitrogen and oxygen atoms in total. The predicted octanol–water partition coefficient (Wildman–Crippen LogP) is 2.41. The van der Waals surface area contributed by atoms with Gasteiger partial charge >= 0.3 is 12.1 Å². The second kappa shape index (κ2) is 19.5. The molecule has 0 spiro atoms. The molecule has 0 aliphatic carbocycles. The molecular formula is C36H51N6O9P. The summed E-state index contributed by atoms with van der Waals surface area (Å²) in [7, 11) is -3.32. The van der Waals surface area contributed by atoms with Crippen molar-refractivity contribution in [3.63, 3.8) is 0 Å². The van der Waals surface area contributed by atoms with Gasteiger partial charge in [-0.3, -0.25) is 23.8 Å². The Balaban J connectivity index is 1.48. The molecule has 16 heteroatoms. The molecule has 0 bridgehead atoms. The van der Waals surface area contributed by atoms with Crippen LogP contribution in [0.25, 0.3) is 0 Å². The van der Waals surface area contributed by atoms with Crippen LogP contribution in [0.5, 0.6) is 0 Å². The highest BCUT2D eigenvalue weighted by Crippen LogP contribution is 2.43. The van der Waals surface area contributed by atoms with Gasteiger partial charge < -0.3 is 35.6 Å². The van der Waals surface area contributed by atoms with E-state index in [1.54, 1.807) is 30.3 Å². The summed E-state index contributed by atoms with van der Waals surface area (Å²) in [4.78, 5) is 80.4. The van der Waals surface area contributed by atoms with Gasteiger partial charge in [-0.05, 0) is 69.5 Å². The van der Waals surface area contributed by atoms with E-state index in [0.717, 1.165) is 5.56 Å². The summed E-state index contributed by atoms with van der Waals surface area (Å²) >= 11 is 0. The first-order chi connectivity index (χ1) is 24.9. The number of unbranched alkanes of at least 4 members (excludes halogenated alkanes) is 1. The molecule has 4 amide bonds. The van der Waals surface area contributed by atoms with Gasteiger partial charge in [-0.2, -0.15) is 0 Å². The first-order valence-electron chi connectivity index (χ1n) is 17.8.